The van der Waals surface area contributed by atoms with Gasteiger partial charge in [0, 0.05) is 30.3 Å². The molecule has 1 fully saturated rings. The largest absolute Gasteiger partial charge is 0.459 e. The minimum absolute atomic E-state index is 0.0531. The number of hydrogen-bond acceptors (Lipinski definition) is 4. The van der Waals surface area contributed by atoms with Crippen LogP contribution in [0.1, 0.15) is 53.2 Å². The number of carbonyl (C=O) groups excluding carboxylic acids is 2. The number of rotatable bonds is 4. The third-order valence-electron chi connectivity index (χ3n) is 5.55. The van der Waals surface area contributed by atoms with Gasteiger partial charge in [0.25, 0.3) is 11.8 Å². The lowest BCUT2D eigenvalue weighted by Crippen LogP contribution is -2.51. The maximum Gasteiger partial charge on any atom is 0.291 e. The summed E-state index contributed by atoms with van der Waals surface area (Å²) in [4.78, 5) is 27.1. The van der Waals surface area contributed by atoms with Gasteiger partial charge >= 0.3 is 0 Å². The van der Waals surface area contributed by atoms with Gasteiger partial charge in [0.1, 0.15) is 0 Å². The van der Waals surface area contributed by atoms with Crippen molar-refractivity contribution in [3.8, 4) is 0 Å². The quantitative estimate of drug-likeness (QED) is 0.863. The summed E-state index contributed by atoms with van der Waals surface area (Å²) >= 11 is 0. The number of likely N-dealkylation sites (tertiary alicyclic amines) is 1. The first-order valence-corrected chi connectivity index (χ1v) is 9.29. The topological polar surface area (TPSA) is 82.8 Å². The molecular weight excluding hydrogens is 344 g/mol. The number of nitrogens with one attached hydrogen (secondary N) is 1. The molecule has 1 saturated heterocycles. The maximum atomic E-state index is 13.1. The predicted octanol–water partition coefficient (Wildman–Crippen LogP) is 3.46. The Hall–Kier alpha value is -2.60. The number of piperidine rings is 1. The van der Waals surface area contributed by atoms with Crippen molar-refractivity contribution >= 4 is 17.5 Å². The van der Waals surface area contributed by atoms with Gasteiger partial charge in [0.2, 0.25) is 0 Å². The number of carbonyl (C=O) groups is 2. The zero-order chi connectivity index (χ0) is 19.6. The number of aliphatic hydroxyl groups is 1. The predicted molar refractivity (Wildman–Crippen MR) is 103 cm³/mol. The molecule has 1 aliphatic heterocycles. The van der Waals surface area contributed by atoms with Crippen molar-refractivity contribution in [3.63, 3.8) is 0 Å². The lowest BCUT2D eigenvalue weighted by atomic mass is 9.80. The molecule has 1 aromatic heterocycles. The van der Waals surface area contributed by atoms with Crippen molar-refractivity contribution in [1.82, 2.24) is 4.90 Å². The third kappa shape index (κ3) is 3.90. The summed E-state index contributed by atoms with van der Waals surface area (Å²) in [7, 11) is 0. The molecule has 2 heterocycles. The van der Waals surface area contributed by atoms with Gasteiger partial charge in [-0.15, -0.1) is 0 Å². The molecule has 2 N–H and O–H groups in total. The number of amides is 2. The number of nitrogens with zero attached hydrogens (tertiary/aromatic N) is 1. The Morgan fingerprint density at radius 3 is 2.78 bits per heavy atom. The summed E-state index contributed by atoms with van der Waals surface area (Å²) in [6.45, 7) is 6.75. The molecule has 2 atom stereocenters. The minimum atomic E-state index is -0.737. The summed E-state index contributed by atoms with van der Waals surface area (Å²) < 4.78 is 5.11. The first kappa shape index (κ1) is 19.2. The minimum Gasteiger partial charge on any atom is -0.459 e. The number of anilines is 1. The molecule has 1 aliphatic rings. The van der Waals surface area contributed by atoms with Crippen LogP contribution in [-0.2, 0) is 0 Å². The summed E-state index contributed by atoms with van der Waals surface area (Å²) in [5, 5.41) is 13.3. The molecule has 144 valence electrons. The molecule has 0 radical (unpaired) electrons. The first-order chi connectivity index (χ1) is 12.8. The second-order valence-electron chi connectivity index (χ2n) is 7.37. The van der Waals surface area contributed by atoms with Crippen LogP contribution in [0, 0.1) is 12.8 Å². The Bertz CT molecular complexity index is 827. The fourth-order valence-corrected chi connectivity index (χ4v) is 3.64. The van der Waals surface area contributed by atoms with Crippen molar-refractivity contribution in [3.05, 3.63) is 53.5 Å². The number of hydrogen-bond donors (Lipinski definition) is 2. The number of furan rings is 1. The first-order valence-electron chi connectivity index (χ1n) is 9.29. The maximum absolute atomic E-state index is 13.1. The average Bonchev–Trinajstić information content (AvgIpc) is 3.17. The Morgan fingerprint density at radius 1 is 1.33 bits per heavy atom. The molecule has 6 heteroatoms. The van der Waals surface area contributed by atoms with Gasteiger partial charge in [0.15, 0.2) is 5.76 Å². The van der Waals surface area contributed by atoms with Gasteiger partial charge in [-0.05, 0) is 56.5 Å². The van der Waals surface area contributed by atoms with Crippen molar-refractivity contribution in [1.29, 1.82) is 0 Å². The van der Waals surface area contributed by atoms with Crippen LogP contribution in [0.25, 0.3) is 0 Å². The molecule has 27 heavy (non-hydrogen) atoms. The highest BCUT2D eigenvalue weighted by Gasteiger charge is 2.38. The summed E-state index contributed by atoms with van der Waals surface area (Å²) in [5.74, 6) is -0.157. The monoisotopic (exact) mass is 370 g/mol. The zero-order valence-corrected chi connectivity index (χ0v) is 16.0. The van der Waals surface area contributed by atoms with Gasteiger partial charge in [-0.2, -0.15) is 0 Å². The van der Waals surface area contributed by atoms with E-state index in [0.717, 1.165) is 6.42 Å². The molecule has 0 saturated carbocycles. The highest BCUT2D eigenvalue weighted by molar-refractivity contribution is 6.04. The molecule has 0 unspecified atom stereocenters. The molecule has 2 aromatic rings. The molecule has 0 bridgehead atoms. The van der Waals surface area contributed by atoms with Gasteiger partial charge in [-0.3, -0.25) is 9.59 Å². The van der Waals surface area contributed by atoms with Crippen LogP contribution < -0.4 is 5.32 Å². The van der Waals surface area contributed by atoms with Crippen molar-refractivity contribution in [2.24, 2.45) is 5.92 Å². The van der Waals surface area contributed by atoms with Crippen LogP contribution in [-0.4, -0.2) is 40.5 Å². The highest BCUT2D eigenvalue weighted by atomic mass is 16.3. The summed E-state index contributed by atoms with van der Waals surface area (Å²) in [6.07, 6.45) is 2.82. The molecule has 1 aromatic carbocycles. The van der Waals surface area contributed by atoms with E-state index in [4.69, 9.17) is 4.42 Å². The second kappa shape index (κ2) is 7.56. The van der Waals surface area contributed by atoms with Crippen molar-refractivity contribution in [2.75, 3.05) is 18.4 Å². The molecule has 2 amide bonds. The van der Waals surface area contributed by atoms with E-state index in [9.17, 15) is 14.7 Å². The van der Waals surface area contributed by atoms with E-state index in [1.807, 2.05) is 20.8 Å². The molecule has 0 spiro atoms. The zero-order valence-electron chi connectivity index (χ0n) is 16.0. The van der Waals surface area contributed by atoms with E-state index >= 15 is 0 Å². The number of benzene rings is 1. The highest BCUT2D eigenvalue weighted by Crippen LogP contribution is 2.31. The van der Waals surface area contributed by atoms with E-state index < -0.39 is 5.60 Å². The van der Waals surface area contributed by atoms with Crippen LogP contribution >= 0.6 is 0 Å². The summed E-state index contributed by atoms with van der Waals surface area (Å²) in [5.41, 5.74) is 1.12. The van der Waals surface area contributed by atoms with E-state index in [1.54, 1.807) is 35.2 Å². The van der Waals surface area contributed by atoms with Crippen molar-refractivity contribution < 1.29 is 19.1 Å². The molecular formula is C21H26N2O4. The van der Waals surface area contributed by atoms with Crippen LogP contribution in [0.4, 0.5) is 5.69 Å². The second-order valence-corrected chi connectivity index (χ2v) is 7.37. The standard InChI is InChI=1S/C21H26N2O4/c1-4-15-13-23(11-10-21(15,3)26)20(25)16-7-5-8-17(14(16)2)22-19(24)18-9-6-12-27-18/h5-9,12,15,26H,4,10-11,13H2,1-3H3,(H,22,24)/t15-,21+/m1/s1. The molecule has 3 rings (SSSR count). The Morgan fingerprint density at radius 2 is 2.11 bits per heavy atom. The van der Waals surface area contributed by atoms with Crippen LogP contribution in [0.3, 0.4) is 0 Å². The fourth-order valence-electron chi connectivity index (χ4n) is 3.64. The lowest BCUT2D eigenvalue weighted by Gasteiger charge is -2.42. The molecule has 6 nitrogen and oxygen atoms in total. The van der Waals surface area contributed by atoms with E-state index in [1.165, 1.54) is 6.26 Å². The Kier molecular flexibility index (Phi) is 5.37. The average molecular weight is 370 g/mol. The molecule has 0 aliphatic carbocycles. The Balaban J connectivity index is 1.79. The van der Waals surface area contributed by atoms with E-state index in [-0.39, 0.29) is 23.5 Å². The van der Waals surface area contributed by atoms with Crippen molar-refractivity contribution in [2.45, 2.75) is 39.2 Å². The van der Waals surface area contributed by atoms with Gasteiger partial charge in [-0.1, -0.05) is 13.0 Å². The van der Waals surface area contributed by atoms with Gasteiger partial charge in [0.05, 0.1) is 11.9 Å². The SMILES string of the molecule is CC[C@@H]1CN(C(=O)c2cccc(NC(=O)c3ccco3)c2C)CC[C@]1(C)O. The lowest BCUT2D eigenvalue weighted by molar-refractivity contribution is -0.0521. The van der Waals surface area contributed by atoms with E-state index in [0.29, 0.717) is 36.3 Å². The third-order valence-corrected chi connectivity index (χ3v) is 5.55. The van der Waals surface area contributed by atoms with Crippen LogP contribution in [0.15, 0.2) is 41.0 Å². The van der Waals surface area contributed by atoms with E-state index in [2.05, 4.69) is 5.32 Å². The van der Waals surface area contributed by atoms with Crippen LogP contribution in [0.5, 0.6) is 0 Å². The fraction of sp³-hybridized carbons (Fsp3) is 0.429. The summed E-state index contributed by atoms with van der Waals surface area (Å²) in [6, 6.07) is 8.54. The smallest absolute Gasteiger partial charge is 0.291 e. The van der Waals surface area contributed by atoms with Gasteiger partial charge in [-0.25, -0.2) is 0 Å². The Labute approximate surface area is 159 Å². The van der Waals surface area contributed by atoms with Gasteiger partial charge < -0.3 is 19.7 Å². The van der Waals surface area contributed by atoms with Crippen LogP contribution in [0.2, 0.25) is 0 Å². The normalized spacial score (nSPS) is 22.5.